The van der Waals surface area contributed by atoms with Crippen molar-refractivity contribution in [2.24, 2.45) is 5.92 Å². The largest absolute Gasteiger partial charge is 0.384 e. The first-order chi connectivity index (χ1) is 6.11. The van der Waals surface area contributed by atoms with Crippen LogP contribution >= 0.6 is 0 Å². The third kappa shape index (κ3) is 2.71. The fraction of sp³-hybridized carbons (Fsp3) is 0.444. The predicted molar refractivity (Wildman–Crippen MR) is 49.7 cm³/mol. The summed E-state index contributed by atoms with van der Waals surface area (Å²) < 4.78 is 0. The summed E-state index contributed by atoms with van der Waals surface area (Å²) in [5.74, 6) is 1.47. The molecule has 0 saturated heterocycles. The van der Waals surface area contributed by atoms with Gasteiger partial charge in [-0.1, -0.05) is 13.8 Å². The van der Waals surface area contributed by atoms with Crippen molar-refractivity contribution >= 4 is 5.82 Å². The topological polar surface area (TPSA) is 75.6 Å². The van der Waals surface area contributed by atoms with E-state index in [-0.39, 0.29) is 0 Å². The Morgan fingerprint density at radius 3 is 2.77 bits per heavy atom. The molecule has 0 saturated carbocycles. The van der Waals surface area contributed by atoms with Crippen LogP contribution in [-0.4, -0.2) is 9.97 Å². The van der Waals surface area contributed by atoms with E-state index in [0.717, 1.165) is 6.42 Å². The second-order valence-corrected chi connectivity index (χ2v) is 3.30. The number of hydrogen-bond donors (Lipinski definition) is 1. The lowest BCUT2D eigenvalue weighted by Crippen LogP contribution is -2.04. The maximum absolute atomic E-state index is 8.62. The van der Waals surface area contributed by atoms with Gasteiger partial charge in [0.15, 0.2) is 0 Å². The lowest BCUT2D eigenvalue weighted by Gasteiger charge is -2.03. The van der Waals surface area contributed by atoms with Crippen molar-refractivity contribution in [3.8, 4) is 6.07 Å². The van der Waals surface area contributed by atoms with Gasteiger partial charge >= 0.3 is 0 Å². The Balaban J connectivity index is 2.96. The summed E-state index contributed by atoms with van der Waals surface area (Å²) in [5.41, 5.74) is 5.84. The molecule has 0 bridgehead atoms. The highest BCUT2D eigenvalue weighted by atomic mass is 14.9. The molecule has 1 aromatic rings. The maximum Gasteiger partial charge on any atom is 0.146 e. The number of rotatable bonds is 2. The molecule has 68 valence electrons. The normalized spacial score (nSPS) is 10.0. The van der Waals surface area contributed by atoms with Crippen molar-refractivity contribution in [3.63, 3.8) is 0 Å². The van der Waals surface area contributed by atoms with E-state index in [2.05, 4.69) is 23.8 Å². The van der Waals surface area contributed by atoms with Crippen molar-refractivity contribution in [3.05, 3.63) is 17.6 Å². The molecule has 0 spiro atoms. The van der Waals surface area contributed by atoms with E-state index in [9.17, 15) is 0 Å². The lowest BCUT2D eigenvalue weighted by atomic mass is 10.1. The van der Waals surface area contributed by atoms with E-state index < -0.39 is 0 Å². The minimum atomic E-state index is 0.336. The molecule has 0 aliphatic carbocycles. The van der Waals surface area contributed by atoms with E-state index in [0.29, 0.717) is 23.3 Å². The molecule has 0 fully saturated rings. The third-order valence-electron chi connectivity index (χ3n) is 1.50. The van der Waals surface area contributed by atoms with Crippen LogP contribution in [-0.2, 0) is 6.42 Å². The summed E-state index contributed by atoms with van der Waals surface area (Å²) >= 11 is 0. The number of nitrogens with zero attached hydrogens (tertiary/aromatic N) is 3. The lowest BCUT2D eigenvalue weighted by molar-refractivity contribution is 0.620. The molecule has 0 aromatic carbocycles. The van der Waals surface area contributed by atoms with Crippen LogP contribution in [0.5, 0.6) is 0 Å². The van der Waals surface area contributed by atoms with Crippen LogP contribution in [0.15, 0.2) is 6.07 Å². The van der Waals surface area contributed by atoms with Crippen molar-refractivity contribution < 1.29 is 0 Å². The minimum Gasteiger partial charge on any atom is -0.384 e. The Hall–Kier alpha value is -1.63. The first-order valence-corrected chi connectivity index (χ1v) is 4.15. The molecule has 2 N–H and O–H groups in total. The van der Waals surface area contributed by atoms with E-state index in [1.54, 1.807) is 0 Å². The van der Waals surface area contributed by atoms with Gasteiger partial charge in [-0.15, -0.1) is 0 Å². The zero-order valence-electron chi connectivity index (χ0n) is 7.78. The standard InChI is InChI=1S/C9H12N4/c1-6(2)3-9-12-7(5-10)4-8(11)13-9/h4,6H,3H2,1-2H3,(H2,11,12,13). The molecule has 0 radical (unpaired) electrons. The zero-order valence-corrected chi connectivity index (χ0v) is 7.78. The van der Waals surface area contributed by atoms with Crippen LogP contribution < -0.4 is 5.73 Å². The second-order valence-electron chi connectivity index (χ2n) is 3.30. The fourth-order valence-electron chi connectivity index (χ4n) is 1.03. The van der Waals surface area contributed by atoms with Gasteiger partial charge in [0.2, 0.25) is 0 Å². The monoisotopic (exact) mass is 176 g/mol. The number of hydrogen-bond acceptors (Lipinski definition) is 4. The SMILES string of the molecule is CC(C)Cc1nc(N)cc(C#N)n1. The molecule has 0 amide bonds. The Kier molecular flexibility index (Phi) is 2.80. The van der Waals surface area contributed by atoms with Gasteiger partial charge in [-0.3, -0.25) is 0 Å². The first-order valence-electron chi connectivity index (χ1n) is 4.15. The minimum absolute atomic E-state index is 0.336. The molecule has 13 heavy (non-hydrogen) atoms. The molecule has 4 nitrogen and oxygen atoms in total. The molecule has 0 aliphatic rings. The van der Waals surface area contributed by atoms with Gasteiger partial charge in [0.1, 0.15) is 23.4 Å². The van der Waals surface area contributed by atoms with Gasteiger partial charge < -0.3 is 5.73 Å². The van der Waals surface area contributed by atoms with Crippen LogP contribution in [0.3, 0.4) is 0 Å². The Bertz CT molecular complexity index is 338. The molecular weight excluding hydrogens is 164 g/mol. The molecule has 1 heterocycles. The molecule has 4 heteroatoms. The van der Waals surface area contributed by atoms with E-state index in [1.165, 1.54) is 6.07 Å². The molecule has 0 atom stereocenters. The van der Waals surface area contributed by atoms with Gasteiger partial charge in [-0.05, 0) is 5.92 Å². The van der Waals surface area contributed by atoms with Crippen LogP contribution in [0.4, 0.5) is 5.82 Å². The van der Waals surface area contributed by atoms with Gasteiger partial charge in [0.25, 0.3) is 0 Å². The number of aromatic nitrogens is 2. The molecule has 1 aromatic heterocycles. The van der Waals surface area contributed by atoms with Gasteiger partial charge in [-0.2, -0.15) is 5.26 Å². The average molecular weight is 176 g/mol. The predicted octanol–water partition coefficient (Wildman–Crippen LogP) is 1.13. The van der Waals surface area contributed by atoms with Crippen LogP contribution in [0.1, 0.15) is 25.4 Å². The highest BCUT2D eigenvalue weighted by Crippen LogP contribution is 2.06. The van der Waals surface area contributed by atoms with Gasteiger partial charge in [0, 0.05) is 12.5 Å². The summed E-state index contributed by atoms with van der Waals surface area (Å²) in [5, 5.41) is 8.62. The van der Waals surface area contributed by atoms with Crippen molar-refractivity contribution in [1.29, 1.82) is 5.26 Å². The van der Waals surface area contributed by atoms with E-state index in [1.807, 2.05) is 6.07 Å². The van der Waals surface area contributed by atoms with E-state index >= 15 is 0 Å². The summed E-state index contributed by atoms with van der Waals surface area (Å²) in [6.45, 7) is 4.14. The molecular formula is C9H12N4. The average Bonchev–Trinajstić information content (AvgIpc) is 2.01. The van der Waals surface area contributed by atoms with Crippen LogP contribution in [0.25, 0.3) is 0 Å². The first kappa shape index (κ1) is 9.46. The highest BCUT2D eigenvalue weighted by molar-refractivity contribution is 5.35. The van der Waals surface area contributed by atoms with Crippen molar-refractivity contribution in [2.75, 3.05) is 5.73 Å². The van der Waals surface area contributed by atoms with Crippen molar-refractivity contribution in [1.82, 2.24) is 9.97 Å². The van der Waals surface area contributed by atoms with Crippen LogP contribution in [0.2, 0.25) is 0 Å². The number of anilines is 1. The number of nitriles is 1. The Labute approximate surface area is 77.4 Å². The number of nitrogen functional groups attached to an aromatic ring is 1. The van der Waals surface area contributed by atoms with Crippen molar-refractivity contribution in [2.45, 2.75) is 20.3 Å². The van der Waals surface area contributed by atoms with E-state index in [4.69, 9.17) is 11.0 Å². The van der Waals surface area contributed by atoms with Crippen LogP contribution in [0, 0.1) is 17.2 Å². The summed E-state index contributed by atoms with van der Waals surface area (Å²) in [4.78, 5) is 8.08. The quantitative estimate of drug-likeness (QED) is 0.732. The van der Waals surface area contributed by atoms with Gasteiger partial charge in [-0.25, -0.2) is 9.97 Å². The number of nitrogens with two attached hydrogens (primary N) is 1. The zero-order chi connectivity index (χ0) is 9.84. The smallest absolute Gasteiger partial charge is 0.146 e. The highest BCUT2D eigenvalue weighted by Gasteiger charge is 2.04. The molecule has 1 rings (SSSR count). The Morgan fingerprint density at radius 1 is 1.54 bits per heavy atom. The third-order valence-corrected chi connectivity index (χ3v) is 1.50. The molecule has 0 aliphatic heterocycles. The maximum atomic E-state index is 8.62. The summed E-state index contributed by atoms with van der Waals surface area (Å²) in [6.07, 6.45) is 0.750. The summed E-state index contributed by atoms with van der Waals surface area (Å²) in [7, 11) is 0. The fourth-order valence-corrected chi connectivity index (χ4v) is 1.03. The molecule has 0 unspecified atom stereocenters. The van der Waals surface area contributed by atoms with Gasteiger partial charge in [0.05, 0.1) is 0 Å². The Morgan fingerprint density at radius 2 is 2.23 bits per heavy atom. The second kappa shape index (κ2) is 3.85. The summed E-state index contributed by atoms with van der Waals surface area (Å²) in [6, 6.07) is 3.43.